The van der Waals surface area contributed by atoms with Crippen LogP contribution in [0.4, 0.5) is 0 Å². The van der Waals surface area contributed by atoms with Crippen LogP contribution in [0.15, 0.2) is 11.6 Å². The van der Waals surface area contributed by atoms with Gasteiger partial charge in [-0.25, -0.2) is 4.57 Å². The van der Waals surface area contributed by atoms with Crippen LogP contribution < -0.4 is 0 Å². The molecule has 5 nitrogen and oxygen atoms in total. The van der Waals surface area contributed by atoms with E-state index in [1.54, 1.807) is 12.5 Å². The Morgan fingerprint density at radius 1 is 0.812 bits per heavy atom. The zero-order chi connectivity index (χ0) is 23.3. The van der Waals surface area contributed by atoms with Crippen molar-refractivity contribution in [2.75, 3.05) is 19.8 Å². The van der Waals surface area contributed by atoms with Crippen molar-refractivity contribution >= 4 is 7.82 Å². The average molecular weight is 475 g/mol. The summed E-state index contributed by atoms with van der Waals surface area (Å²) in [5.74, 6) is 0. The summed E-state index contributed by atoms with van der Waals surface area (Å²) in [7, 11) is -3.90. The topological polar surface area (TPSA) is 65.0 Å². The zero-order valence-corrected chi connectivity index (χ0v) is 21.9. The van der Waals surface area contributed by atoms with Crippen LogP contribution in [0, 0.1) is 0 Å². The molecule has 0 amide bonds. The highest BCUT2D eigenvalue weighted by Gasteiger charge is 2.21. The van der Waals surface area contributed by atoms with Gasteiger partial charge in [0.2, 0.25) is 0 Å². The summed E-state index contributed by atoms with van der Waals surface area (Å²) in [5, 5.41) is 0. The smallest absolute Gasteiger partial charge is 0.376 e. The maximum absolute atomic E-state index is 11.4. The van der Waals surface area contributed by atoms with E-state index in [0.717, 1.165) is 25.7 Å². The molecule has 32 heavy (non-hydrogen) atoms. The van der Waals surface area contributed by atoms with Crippen molar-refractivity contribution in [2.45, 2.75) is 136 Å². The van der Waals surface area contributed by atoms with Crippen LogP contribution in [-0.4, -0.2) is 30.8 Å². The van der Waals surface area contributed by atoms with Crippen LogP contribution in [0.3, 0.4) is 0 Å². The maximum atomic E-state index is 11.4. The van der Waals surface area contributed by atoms with E-state index in [1.165, 1.54) is 89.9 Å². The Balaban J connectivity index is 1.89. The molecule has 1 aliphatic rings. The van der Waals surface area contributed by atoms with Gasteiger partial charge in [0.25, 0.3) is 0 Å². The molecule has 1 aliphatic carbocycles. The van der Waals surface area contributed by atoms with Gasteiger partial charge < -0.3 is 9.63 Å². The lowest BCUT2D eigenvalue weighted by atomic mass is 9.91. The number of phosphoric ester groups is 1. The molecule has 1 fully saturated rings. The fraction of sp³-hybridized carbons (Fsp3) is 0.923. The van der Waals surface area contributed by atoms with Crippen molar-refractivity contribution in [3.05, 3.63) is 11.6 Å². The lowest BCUT2D eigenvalue weighted by Crippen LogP contribution is -2.20. The van der Waals surface area contributed by atoms with Crippen molar-refractivity contribution in [1.82, 2.24) is 0 Å². The first-order valence-corrected chi connectivity index (χ1v) is 15.0. The van der Waals surface area contributed by atoms with Crippen molar-refractivity contribution in [3.8, 4) is 0 Å². The summed E-state index contributed by atoms with van der Waals surface area (Å²) in [6.45, 7) is 4.52. The minimum absolute atomic E-state index is 0.0893. The SMILES string of the molecule is CCCCCCCCCCCCCCCC=C1CCC(OCCOP(=O)(O)OCC)CC1. The predicted octanol–water partition coefficient (Wildman–Crippen LogP) is 8.51. The molecule has 0 spiro atoms. The Morgan fingerprint density at radius 3 is 1.88 bits per heavy atom. The Morgan fingerprint density at radius 2 is 1.34 bits per heavy atom. The molecule has 1 saturated carbocycles. The van der Waals surface area contributed by atoms with Crippen LogP contribution in [0.1, 0.15) is 129 Å². The van der Waals surface area contributed by atoms with Crippen molar-refractivity contribution in [2.24, 2.45) is 0 Å². The van der Waals surface area contributed by atoms with Crippen LogP contribution >= 0.6 is 7.82 Å². The highest BCUT2D eigenvalue weighted by Crippen LogP contribution is 2.42. The summed E-state index contributed by atoms with van der Waals surface area (Å²) in [6.07, 6.45) is 26.5. The third-order valence-corrected chi connectivity index (χ3v) is 7.39. The Labute approximate surface area is 198 Å². The minimum atomic E-state index is -3.90. The maximum Gasteiger partial charge on any atom is 0.472 e. The van der Waals surface area contributed by atoms with Crippen molar-refractivity contribution in [1.29, 1.82) is 0 Å². The molecule has 1 rings (SSSR count). The number of hydrogen-bond donors (Lipinski definition) is 1. The predicted molar refractivity (Wildman–Crippen MR) is 134 cm³/mol. The quantitative estimate of drug-likeness (QED) is 0.103. The molecule has 1 atom stereocenters. The zero-order valence-electron chi connectivity index (χ0n) is 21.0. The van der Waals surface area contributed by atoms with Gasteiger partial charge in [0.1, 0.15) is 0 Å². The standard InChI is InChI=1S/C26H51O5P/c1-3-5-6-7-8-9-10-11-12-13-14-15-16-17-18-25-19-21-26(22-20-25)29-23-24-31-32(27,28)30-4-2/h18,26H,3-17,19-24H2,1-2H3,(H,27,28). The number of rotatable bonds is 21. The van der Waals surface area contributed by atoms with Gasteiger partial charge in [0, 0.05) is 0 Å². The van der Waals surface area contributed by atoms with E-state index in [9.17, 15) is 9.46 Å². The number of unbranched alkanes of at least 4 members (excludes halogenated alkanes) is 13. The normalized spacial score (nSPS) is 18.6. The number of hydrogen-bond acceptors (Lipinski definition) is 4. The van der Waals surface area contributed by atoms with E-state index >= 15 is 0 Å². The van der Waals surface area contributed by atoms with Crippen LogP contribution in [0.2, 0.25) is 0 Å². The van der Waals surface area contributed by atoms with Gasteiger partial charge >= 0.3 is 7.82 Å². The fourth-order valence-corrected chi connectivity index (χ4v) is 5.08. The largest absolute Gasteiger partial charge is 0.472 e. The van der Waals surface area contributed by atoms with E-state index in [-0.39, 0.29) is 19.3 Å². The van der Waals surface area contributed by atoms with Crippen LogP contribution in [0.5, 0.6) is 0 Å². The molecule has 0 aliphatic heterocycles. The number of allylic oxidation sites excluding steroid dienone is 2. The summed E-state index contributed by atoms with van der Waals surface area (Å²) in [4.78, 5) is 9.36. The van der Waals surface area contributed by atoms with Gasteiger partial charge in [-0.05, 0) is 45.4 Å². The highest BCUT2D eigenvalue weighted by atomic mass is 31.2. The first-order chi connectivity index (χ1) is 15.6. The minimum Gasteiger partial charge on any atom is -0.376 e. The second-order valence-electron chi connectivity index (χ2n) is 9.18. The van der Waals surface area contributed by atoms with Crippen molar-refractivity contribution in [3.63, 3.8) is 0 Å². The second-order valence-corrected chi connectivity index (χ2v) is 10.6. The molecule has 1 unspecified atom stereocenters. The summed E-state index contributed by atoms with van der Waals surface area (Å²) in [5.41, 5.74) is 1.58. The van der Waals surface area contributed by atoms with Gasteiger partial charge in [-0.1, -0.05) is 95.6 Å². The first-order valence-electron chi connectivity index (χ1n) is 13.5. The van der Waals surface area contributed by atoms with Crippen molar-refractivity contribution < 1.29 is 23.2 Å². The monoisotopic (exact) mass is 474 g/mol. The molecule has 0 saturated heterocycles. The molecule has 0 bridgehead atoms. The van der Waals surface area contributed by atoms with Gasteiger partial charge in [-0.3, -0.25) is 9.05 Å². The van der Waals surface area contributed by atoms with Gasteiger partial charge in [-0.2, -0.15) is 0 Å². The van der Waals surface area contributed by atoms with Crippen LogP contribution in [-0.2, 0) is 18.3 Å². The third kappa shape index (κ3) is 17.3. The van der Waals surface area contributed by atoms with Crippen LogP contribution in [0.25, 0.3) is 0 Å². The lowest BCUT2D eigenvalue weighted by molar-refractivity contribution is 0.0118. The van der Waals surface area contributed by atoms with E-state index in [1.807, 2.05) is 0 Å². The highest BCUT2D eigenvalue weighted by molar-refractivity contribution is 7.47. The molecule has 0 heterocycles. The summed E-state index contributed by atoms with van der Waals surface area (Å²) in [6, 6.07) is 0. The van der Waals surface area contributed by atoms with Gasteiger partial charge in [0.05, 0.1) is 25.9 Å². The molecule has 0 aromatic rings. The molecular formula is C26H51O5P. The fourth-order valence-electron chi connectivity index (χ4n) is 4.37. The average Bonchev–Trinajstić information content (AvgIpc) is 2.78. The Bertz CT molecular complexity index is 498. The molecule has 0 aromatic heterocycles. The van der Waals surface area contributed by atoms with E-state index in [2.05, 4.69) is 17.5 Å². The van der Waals surface area contributed by atoms with Gasteiger partial charge in [-0.15, -0.1) is 0 Å². The number of phosphoric acid groups is 1. The molecule has 190 valence electrons. The third-order valence-electron chi connectivity index (χ3n) is 6.30. The molecule has 6 heteroatoms. The van der Waals surface area contributed by atoms with Gasteiger partial charge in [0.15, 0.2) is 0 Å². The lowest BCUT2D eigenvalue weighted by Gasteiger charge is -2.24. The number of ether oxygens (including phenoxy) is 1. The van der Waals surface area contributed by atoms with E-state index in [4.69, 9.17) is 9.26 Å². The van der Waals surface area contributed by atoms with E-state index < -0.39 is 7.82 Å². The molecule has 0 radical (unpaired) electrons. The summed E-state index contributed by atoms with van der Waals surface area (Å²) >= 11 is 0. The molecular weight excluding hydrogens is 423 g/mol. The Hall–Kier alpha value is -0.190. The molecule has 1 N–H and O–H groups in total. The summed E-state index contributed by atoms with van der Waals surface area (Å²) < 4.78 is 26.8. The second kappa shape index (κ2) is 20.2. The Kier molecular flexibility index (Phi) is 18.8. The first kappa shape index (κ1) is 29.8. The van der Waals surface area contributed by atoms with E-state index in [0.29, 0.717) is 6.61 Å². The molecule has 0 aromatic carbocycles.